The first-order chi connectivity index (χ1) is 16.8. The molecule has 0 bridgehead atoms. The molecule has 0 radical (unpaired) electrons. The van der Waals surface area contributed by atoms with Gasteiger partial charge in [0, 0.05) is 13.6 Å². The predicted molar refractivity (Wildman–Crippen MR) is 133 cm³/mol. The first-order valence-electron chi connectivity index (χ1n) is 12.0. The van der Waals surface area contributed by atoms with Crippen LogP contribution >= 0.6 is 0 Å². The summed E-state index contributed by atoms with van der Waals surface area (Å²) in [5.74, 6) is -0.497. The van der Waals surface area contributed by atoms with Crippen LogP contribution in [0.5, 0.6) is 5.75 Å². The van der Waals surface area contributed by atoms with Gasteiger partial charge in [-0.05, 0) is 62.4 Å². The fourth-order valence-corrected chi connectivity index (χ4v) is 3.52. The maximum absolute atomic E-state index is 12.9. The molecule has 2 rings (SSSR count). The molecule has 198 valence electrons. The summed E-state index contributed by atoms with van der Waals surface area (Å²) in [6.45, 7) is 7.76. The van der Waals surface area contributed by atoms with Crippen LogP contribution in [0.4, 0.5) is 18.0 Å². The van der Waals surface area contributed by atoms with Crippen LogP contribution in [0.3, 0.4) is 0 Å². The lowest BCUT2D eigenvalue weighted by molar-refractivity contribution is -0.274. The summed E-state index contributed by atoms with van der Waals surface area (Å²) in [5.41, 5.74) is 1.94. The SMILES string of the molecule is CCCC[C@@H](C(=O)NCCc1ccc(-c2ccc(OC(F)(F)F)cc2)cc1)N(C)C(=O)OC(C)(C)C. The molecule has 0 saturated carbocycles. The average molecular weight is 509 g/mol. The Balaban J connectivity index is 1.93. The molecule has 0 saturated heterocycles. The lowest BCUT2D eigenvalue weighted by Crippen LogP contribution is -2.49. The molecular weight excluding hydrogens is 473 g/mol. The highest BCUT2D eigenvalue weighted by atomic mass is 19.4. The van der Waals surface area contributed by atoms with Gasteiger partial charge in [-0.15, -0.1) is 13.2 Å². The van der Waals surface area contributed by atoms with Crippen molar-refractivity contribution < 1.29 is 32.2 Å². The molecule has 1 atom stereocenters. The lowest BCUT2D eigenvalue weighted by Gasteiger charge is -2.30. The van der Waals surface area contributed by atoms with Gasteiger partial charge < -0.3 is 14.8 Å². The van der Waals surface area contributed by atoms with E-state index in [1.165, 1.54) is 17.0 Å². The van der Waals surface area contributed by atoms with Gasteiger partial charge in [0.2, 0.25) is 5.91 Å². The Hall–Kier alpha value is -3.23. The summed E-state index contributed by atoms with van der Waals surface area (Å²) in [7, 11) is 1.58. The van der Waals surface area contributed by atoms with Crippen molar-refractivity contribution in [3.05, 3.63) is 54.1 Å². The van der Waals surface area contributed by atoms with Gasteiger partial charge in [0.15, 0.2) is 0 Å². The van der Waals surface area contributed by atoms with Crippen LogP contribution in [0.2, 0.25) is 0 Å². The highest BCUT2D eigenvalue weighted by Gasteiger charge is 2.31. The fraction of sp³-hybridized carbons (Fsp3) is 0.481. The van der Waals surface area contributed by atoms with E-state index in [-0.39, 0.29) is 11.7 Å². The van der Waals surface area contributed by atoms with Crippen molar-refractivity contribution in [1.82, 2.24) is 10.2 Å². The van der Waals surface area contributed by atoms with E-state index >= 15 is 0 Å². The summed E-state index contributed by atoms with van der Waals surface area (Å²) in [6.07, 6.45) is -2.43. The van der Waals surface area contributed by atoms with E-state index in [0.29, 0.717) is 19.4 Å². The number of nitrogens with zero attached hydrogens (tertiary/aromatic N) is 1. The van der Waals surface area contributed by atoms with Crippen LogP contribution in [0, 0.1) is 0 Å². The van der Waals surface area contributed by atoms with Gasteiger partial charge in [0.25, 0.3) is 0 Å². The second-order valence-corrected chi connectivity index (χ2v) is 9.56. The molecule has 0 unspecified atom stereocenters. The molecule has 1 N–H and O–H groups in total. The normalized spacial score (nSPS) is 12.6. The Morgan fingerprint density at radius 3 is 2.03 bits per heavy atom. The molecule has 0 aliphatic carbocycles. The number of carbonyl (C=O) groups is 2. The van der Waals surface area contributed by atoms with E-state index in [4.69, 9.17) is 4.74 Å². The Kier molecular flexibility index (Phi) is 10.2. The zero-order valence-electron chi connectivity index (χ0n) is 21.4. The number of alkyl halides is 3. The molecule has 2 aromatic rings. The Morgan fingerprint density at radius 2 is 1.53 bits per heavy atom. The second kappa shape index (κ2) is 12.6. The summed E-state index contributed by atoms with van der Waals surface area (Å²) < 4.78 is 46.3. The molecule has 0 heterocycles. The van der Waals surface area contributed by atoms with Crippen LogP contribution < -0.4 is 10.1 Å². The van der Waals surface area contributed by atoms with E-state index < -0.39 is 24.1 Å². The number of unbranched alkanes of at least 4 members (excludes halogenated alkanes) is 1. The minimum absolute atomic E-state index is 0.227. The predicted octanol–water partition coefficient (Wildman–Crippen LogP) is 6.34. The molecule has 0 aliphatic rings. The molecule has 0 aromatic heterocycles. The van der Waals surface area contributed by atoms with Crippen LogP contribution in [0.15, 0.2) is 48.5 Å². The number of ether oxygens (including phenoxy) is 2. The molecule has 0 spiro atoms. The second-order valence-electron chi connectivity index (χ2n) is 9.56. The smallest absolute Gasteiger partial charge is 0.444 e. The van der Waals surface area contributed by atoms with E-state index in [2.05, 4.69) is 10.1 Å². The maximum Gasteiger partial charge on any atom is 0.573 e. The van der Waals surface area contributed by atoms with Crippen LogP contribution in [0.1, 0.15) is 52.5 Å². The van der Waals surface area contributed by atoms with Crippen LogP contribution in [-0.2, 0) is 16.0 Å². The van der Waals surface area contributed by atoms with Crippen LogP contribution in [-0.4, -0.2) is 48.5 Å². The number of halogens is 3. The Bertz CT molecular complexity index is 984. The minimum atomic E-state index is -4.72. The van der Waals surface area contributed by atoms with E-state index in [1.807, 2.05) is 31.2 Å². The minimum Gasteiger partial charge on any atom is -0.444 e. The largest absolute Gasteiger partial charge is 0.573 e. The van der Waals surface area contributed by atoms with Crippen molar-refractivity contribution in [2.45, 2.75) is 71.4 Å². The number of likely N-dealkylation sites (N-methyl/N-ethyl adjacent to an activating group) is 1. The number of nitrogens with one attached hydrogen (secondary N) is 1. The van der Waals surface area contributed by atoms with Crippen molar-refractivity contribution in [1.29, 1.82) is 0 Å². The molecule has 36 heavy (non-hydrogen) atoms. The zero-order chi connectivity index (χ0) is 26.9. The molecule has 0 aliphatic heterocycles. The third-order valence-electron chi connectivity index (χ3n) is 5.37. The van der Waals surface area contributed by atoms with Gasteiger partial charge in [-0.3, -0.25) is 9.69 Å². The van der Waals surface area contributed by atoms with Crippen molar-refractivity contribution in [2.24, 2.45) is 0 Å². The molecule has 0 fully saturated rings. The van der Waals surface area contributed by atoms with E-state index in [9.17, 15) is 22.8 Å². The summed E-state index contributed by atoms with van der Waals surface area (Å²) in [5, 5.41) is 2.92. The Morgan fingerprint density at radius 1 is 0.972 bits per heavy atom. The third kappa shape index (κ3) is 9.79. The third-order valence-corrected chi connectivity index (χ3v) is 5.37. The highest BCUT2D eigenvalue weighted by molar-refractivity contribution is 5.85. The summed E-state index contributed by atoms with van der Waals surface area (Å²) in [6, 6.07) is 12.6. The number of amides is 2. The van der Waals surface area contributed by atoms with Gasteiger partial charge in [-0.2, -0.15) is 0 Å². The first-order valence-corrected chi connectivity index (χ1v) is 12.0. The Labute approximate surface area is 210 Å². The van der Waals surface area contributed by atoms with Gasteiger partial charge in [-0.25, -0.2) is 4.79 Å². The monoisotopic (exact) mass is 508 g/mol. The van der Waals surface area contributed by atoms with Crippen LogP contribution in [0.25, 0.3) is 11.1 Å². The van der Waals surface area contributed by atoms with Gasteiger partial charge >= 0.3 is 12.5 Å². The molecule has 6 nitrogen and oxygen atoms in total. The lowest BCUT2D eigenvalue weighted by atomic mass is 10.0. The summed E-state index contributed by atoms with van der Waals surface area (Å²) >= 11 is 0. The number of hydrogen-bond donors (Lipinski definition) is 1. The van der Waals surface area contributed by atoms with Gasteiger partial charge in [-0.1, -0.05) is 56.2 Å². The molecule has 2 amide bonds. The van der Waals surface area contributed by atoms with Crippen molar-refractivity contribution >= 4 is 12.0 Å². The van der Waals surface area contributed by atoms with E-state index in [1.54, 1.807) is 40.0 Å². The van der Waals surface area contributed by atoms with Gasteiger partial charge in [0.05, 0.1) is 0 Å². The molecule has 9 heteroatoms. The molecule has 2 aromatic carbocycles. The topological polar surface area (TPSA) is 67.9 Å². The summed E-state index contributed by atoms with van der Waals surface area (Å²) in [4.78, 5) is 26.7. The maximum atomic E-state index is 12.9. The van der Waals surface area contributed by atoms with E-state index in [0.717, 1.165) is 29.5 Å². The quantitative estimate of drug-likeness (QED) is 0.407. The van der Waals surface area contributed by atoms with Crippen molar-refractivity contribution in [3.63, 3.8) is 0 Å². The standard InChI is InChI=1S/C27H35F3N2O4/c1-6-7-8-23(32(5)25(34)36-26(2,3)4)24(33)31-18-17-19-9-11-20(12-10-19)21-13-15-22(16-14-21)35-27(28,29)30/h9-16,23H,6-8,17-18H2,1-5H3,(H,31,33)/t23-/m0/s1. The molecular formula is C27H35F3N2O4. The first kappa shape index (κ1) is 29.0. The van der Waals surface area contributed by atoms with Crippen molar-refractivity contribution in [2.75, 3.05) is 13.6 Å². The average Bonchev–Trinajstić information content (AvgIpc) is 2.78. The number of carbonyl (C=O) groups excluding carboxylic acids is 2. The highest BCUT2D eigenvalue weighted by Crippen LogP contribution is 2.26. The number of hydrogen-bond acceptors (Lipinski definition) is 4. The number of benzene rings is 2. The fourth-order valence-electron chi connectivity index (χ4n) is 3.52. The number of rotatable bonds is 10. The zero-order valence-corrected chi connectivity index (χ0v) is 21.4. The van der Waals surface area contributed by atoms with Crippen molar-refractivity contribution in [3.8, 4) is 16.9 Å². The van der Waals surface area contributed by atoms with Gasteiger partial charge in [0.1, 0.15) is 17.4 Å².